The molecule has 2 aliphatic heterocycles. The summed E-state index contributed by atoms with van der Waals surface area (Å²) in [4.78, 5) is 67.3. The minimum absolute atomic E-state index is 0.00763. The van der Waals surface area contributed by atoms with Gasteiger partial charge >= 0.3 is 18.3 Å². The number of morpholine rings is 1. The number of ether oxygens (including phenoxy) is 4. The summed E-state index contributed by atoms with van der Waals surface area (Å²) in [6, 6.07) is 13.7. The van der Waals surface area contributed by atoms with Gasteiger partial charge in [-0.2, -0.15) is 0 Å². The van der Waals surface area contributed by atoms with Crippen LogP contribution in [0.25, 0.3) is 0 Å². The lowest BCUT2D eigenvalue weighted by Crippen LogP contribution is -2.59. The van der Waals surface area contributed by atoms with E-state index in [-0.39, 0.29) is 49.8 Å². The van der Waals surface area contributed by atoms with Gasteiger partial charge in [0.05, 0.1) is 19.1 Å². The first-order chi connectivity index (χ1) is 23.4. The number of anilines is 1. The predicted octanol–water partition coefficient (Wildman–Crippen LogP) is 5.23. The molecule has 3 unspecified atom stereocenters. The molecule has 2 aliphatic rings. The first-order valence-corrected chi connectivity index (χ1v) is 16.7. The van der Waals surface area contributed by atoms with Gasteiger partial charge in [0.1, 0.15) is 36.1 Å². The van der Waals surface area contributed by atoms with Crippen molar-refractivity contribution in [3.05, 3.63) is 65.7 Å². The fourth-order valence-electron chi connectivity index (χ4n) is 5.31. The van der Waals surface area contributed by atoms with Crippen LogP contribution in [0.1, 0.15) is 77.7 Å². The lowest BCUT2D eigenvalue weighted by Gasteiger charge is -2.33. The van der Waals surface area contributed by atoms with Gasteiger partial charge in [-0.05, 0) is 83.7 Å². The number of hydrazine groups is 1. The SMILES string of the molecule is CC(C)C[C@H](NC(=O)c1ccc(NC(=O)OC(C)(C)C)cc1)C(=O)NN(CC1C2OC2CN1C(=O)OCc1ccccc1)C(=O)OC(C)(C)C. The van der Waals surface area contributed by atoms with Crippen LogP contribution in [-0.4, -0.2) is 88.6 Å². The van der Waals surface area contributed by atoms with Crippen molar-refractivity contribution in [3.63, 3.8) is 0 Å². The van der Waals surface area contributed by atoms with Crippen LogP contribution in [0.3, 0.4) is 0 Å². The van der Waals surface area contributed by atoms with Crippen LogP contribution in [-0.2, 0) is 30.3 Å². The van der Waals surface area contributed by atoms with Gasteiger partial charge in [0.25, 0.3) is 11.8 Å². The molecule has 2 heterocycles. The maximum Gasteiger partial charge on any atom is 0.429 e. The smallest absolute Gasteiger partial charge is 0.429 e. The first kappa shape index (κ1) is 38.0. The molecule has 14 nitrogen and oxygen atoms in total. The summed E-state index contributed by atoms with van der Waals surface area (Å²) < 4.78 is 22.2. The molecule has 0 bridgehead atoms. The summed E-state index contributed by atoms with van der Waals surface area (Å²) >= 11 is 0. The molecule has 50 heavy (non-hydrogen) atoms. The topological polar surface area (TPSA) is 168 Å². The van der Waals surface area contributed by atoms with Gasteiger partial charge in [-0.1, -0.05) is 44.2 Å². The summed E-state index contributed by atoms with van der Waals surface area (Å²) in [5, 5.41) is 6.40. The second-order valence-electron chi connectivity index (χ2n) is 14.8. The van der Waals surface area contributed by atoms with Crippen molar-refractivity contribution >= 4 is 35.8 Å². The fourth-order valence-corrected chi connectivity index (χ4v) is 5.31. The lowest BCUT2D eigenvalue weighted by molar-refractivity contribution is -0.128. The Morgan fingerprint density at radius 3 is 2.16 bits per heavy atom. The van der Waals surface area contributed by atoms with Gasteiger partial charge in [-0.15, -0.1) is 0 Å². The van der Waals surface area contributed by atoms with Crippen molar-refractivity contribution in [2.75, 3.05) is 18.4 Å². The second-order valence-corrected chi connectivity index (χ2v) is 14.8. The molecule has 2 aromatic carbocycles. The highest BCUT2D eigenvalue weighted by Crippen LogP contribution is 2.37. The number of fused-ring (bicyclic) bond motifs is 1. The number of nitrogens with one attached hydrogen (secondary N) is 3. The molecular weight excluding hydrogens is 646 g/mol. The van der Waals surface area contributed by atoms with Gasteiger partial charge in [-0.25, -0.2) is 19.4 Å². The molecule has 5 amide bonds. The summed E-state index contributed by atoms with van der Waals surface area (Å²) in [6.45, 7) is 14.4. The normalized spacial score (nSPS) is 18.7. The Kier molecular flexibility index (Phi) is 12.0. The number of epoxide rings is 1. The van der Waals surface area contributed by atoms with Crippen molar-refractivity contribution in [2.45, 2.75) is 104 Å². The summed E-state index contributed by atoms with van der Waals surface area (Å²) in [6.07, 6.45) is -2.34. The summed E-state index contributed by atoms with van der Waals surface area (Å²) in [5.41, 5.74) is 2.58. The van der Waals surface area contributed by atoms with Crippen molar-refractivity contribution in [1.29, 1.82) is 0 Å². The number of nitrogens with zero attached hydrogens (tertiary/aromatic N) is 2. The predicted molar refractivity (Wildman–Crippen MR) is 184 cm³/mol. The minimum atomic E-state index is -1.03. The first-order valence-electron chi connectivity index (χ1n) is 16.7. The molecule has 0 saturated carbocycles. The average molecular weight is 696 g/mol. The van der Waals surface area contributed by atoms with Crippen LogP contribution < -0.4 is 16.1 Å². The number of benzene rings is 2. The number of likely N-dealkylation sites (tertiary alicyclic amines) is 1. The molecule has 4 rings (SSSR count). The number of amides is 5. The molecule has 272 valence electrons. The van der Waals surface area contributed by atoms with Crippen LogP contribution in [0, 0.1) is 5.92 Å². The zero-order valence-electron chi connectivity index (χ0n) is 30.0. The summed E-state index contributed by atoms with van der Waals surface area (Å²) in [7, 11) is 0. The third-order valence-electron chi connectivity index (χ3n) is 7.57. The van der Waals surface area contributed by atoms with Gasteiger partial charge in [0.15, 0.2) is 0 Å². The Morgan fingerprint density at radius 1 is 0.920 bits per heavy atom. The van der Waals surface area contributed by atoms with E-state index in [4.69, 9.17) is 18.9 Å². The molecule has 0 aromatic heterocycles. The van der Waals surface area contributed by atoms with Crippen molar-refractivity contribution in [1.82, 2.24) is 20.7 Å². The van der Waals surface area contributed by atoms with E-state index in [1.165, 1.54) is 17.0 Å². The van der Waals surface area contributed by atoms with E-state index in [1.54, 1.807) is 53.7 Å². The number of rotatable bonds is 10. The third-order valence-corrected chi connectivity index (χ3v) is 7.57. The molecular formula is C36H49N5O9. The number of carbonyl (C=O) groups is 5. The van der Waals surface area contributed by atoms with Crippen LogP contribution in [0.2, 0.25) is 0 Å². The van der Waals surface area contributed by atoms with Gasteiger partial charge < -0.3 is 24.3 Å². The van der Waals surface area contributed by atoms with Gasteiger partial charge in [-0.3, -0.25) is 25.2 Å². The van der Waals surface area contributed by atoms with E-state index in [1.807, 2.05) is 44.2 Å². The Bertz CT molecular complexity index is 1520. The molecule has 4 atom stereocenters. The molecule has 0 radical (unpaired) electrons. The highest BCUT2D eigenvalue weighted by Gasteiger charge is 2.57. The standard InChI is InChI=1S/C36H49N5O9/c1-22(2)18-26(38-30(42)24-14-16-25(17-15-24)37-32(44)49-35(3,4)5)31(43)39-41(34(46)50-36(6,7)8)19-27-29-28(48-29)20-40(27)33(45)47-21-23-12-10-9-11-13-23/h9-17,22,26-29H,18-21H2,1-8H3,(H,37,44)(H,38,42)(H,39,43)/t26-,27?,28?,29?/m0/s1. The quantitative estimate of drug-likeness (QED) is 0.171. The average Bonchev–Trinajstić information content (AvgIpc) is 3.70. The van der Waals surface area contributed by atoms with Crippen LogP contribution >= 0.6 is 0 Å². The Hall–Kier alpha value is -4.85. The van der Waals surface area contributed by atoms with Crippen molar-refractivity contribution < 1.29 is 42.9 Å². The second kappa shape index (κ2) is 15.8. The number of hydrogen-bond acceptors (Lipinski definition) is 9. The Morgan fingerprint density at radius 2 is 1.56 bits per heavy atom. The van der Waals surface area contributed by atoms with E-state index >= 15 is 0 Å². The molecule has 0 spiro atoms. The van der Waals surface area contributed by atoms with Crippen LogP contribution in [0.5, 0.6) is 0 Å². The molecule has 0 aliphatic carbocycles. The molecule has 2 aromatic rings. The molecule has 14 heteroatoms. The van der Waals surface area contributed by atoms with E-state index in [9.17, 15) is 24.0 Å². The summed E-state index contributed by atoms with van der Waals surface area (Å²) in [5.74, 6) is -1.19. The Balaban J connectivity index is 1.45. The number of hydrogen-bond donors (Lipinski definition) is 3. The zero-order valence-corrected chi connectivity index (χ0v) is 30.0. The maximum atomic E-state index is 13.8. The van der Waals surface area contributed by atoms with Crippen molar-refractivity contribution in [2.24, 2.45) is 5.92 Å². The third kappa shape index (κ3) is 11.4. The minimum Gasteiger partial charge on any atom is -0.445 e. The Labute approximate surface area is 293 Å². The van der Waals surface area contributed by atoms with Crippen LogP contribution in [0.15, 0.2) is 54.6 Å². The van der Waals surface area contributed by atoms with Gasteiger partial charge in [0.2, 0.25) is 0 Å². The van der Waals surface area contributed by atoms with E-state index in [2.05, 4.69) is 16.1 Å². The maximum absolute atomic E-state index is 13.8. The van der Waals surface area contributed by atoms with E-state index < -0.39 is 53.4 Å². The van der Waals surface area contributed by atoms with Crippen molar-refractivity contribution in [3.8, 4) is 0 Å². The van der Waals surface area contributed by atoms with E-state index in [0.717, 1.165) is 10.6 Å². The highest BCUT2D eigenvalue weighted by molar-refractivity contribution is 5.98. The lowest BCUT2D eigenvalue weighted by atomic mass is 10.0. The molecule has 3 N–H and O–H groups in total. The van der Waals surface area contributed by atoms with Crippen LogP contribution in [0.4, 0.5) is 20.1 Å². The largest absolute Gasteiger partial charge is 0.445 e. The highest BCUT2D eigenvalue weighted by atomic mass is 16.6. The molecule has 2 fully saturated rings. The fraction of sp³-hybridized carbons (Fsp3) is 0.528. The zero-order chi connectivity index (χ0) is 36.8. The van der Waals surface area contributed by atoms with Gasteiger partial charge in [0, 0.05) is 11.3 Å². The van der Waals surface area contributed by atoms with E-state index in [0.29, 0.717) is 5.69 Å². The monoisotopic (exact) mass is 695 g/mol. The molecule has 2 saturated heterocycles. The number of carbonyl (C=O) groups excluding carboxylic acids is 5.